The fourth-order valence-electron chi connectivity index (χ4n) is 2.38. The number of carbonyl (C=O) groups is 1. The average molecular weight is 303 g/mol. The molecule has 0 saturated heterocycles. The van der Waals surface area contributed by atoms with E-state index in [1.165, 1.54) is 6.42 Å². The molecule has 1 aliphatic heterocycles. The summed E-state index contributed by atoms with van der Waals surface area (Å²) in [6, 6.07) is 5.84. The molecule has 0 fully saturated rings. The van der Waals surface area contributed by atoms with E-state index in [-0.39, 0.29) is 18.7 Å². The van der Waals surface area contributed by atoms with E-state index in [4.69, 9.17) is 9.47 Å². The van der Waals surface area contributed by atoms with Crippen molar-refractivity contribution in [1.82, 2.24) is 5.32 Å². The van der Waals surface area contributed by atoms with Gasteiger partial charge in [0, 0.05) is 12.1 Å². The molecule has 1 aromatic rings. The number of hydrogen-bond acceptors (Lipinski definition) is 3. The number of fused-ring (bicyclic) bond motifs is 1. The first-order valence-corrected chi connectivity index (χ1v) is 7.93. The molecule has 0 aliphatic carbocycles. The molecule has 0 bridgehead atoms. The molecule has 1 aliphatic rings. The number of amides is 1. The lowest BCUT2D eigenvalue weighted by atomic mass is 10.0. The molecule has 4 nitrogen and oxygen atoms in total. The maximum atomic E-state index is 11.9. The van der Waals surface area contributed by atoms with Gasteiger partial charge >= 0.3 is 0 Å². The van der Waals surface area contributed by atoms with E-state index in [2.05, 4.69) is 19.2 Å². The second-order valence-corrected chi connectivity index (χ2v) is 6.18. The summed E-state index contributed by atoms with van der Waals surface area (Å²) >= 11 is 0. The van der Waals surface area contributed by atoms with Crippen molar-refractivity contribution in [1.29, 1.82) is 0 Å². The minimum atomic E-state index is -0.0605. The summed E-state index contributed by atoms with van der Waals surface area (Å²) in [5.74, 6) is 2.13. The second kappa shape index (κ2) is 7.87. The van der Waals surface area contributed by atoms with Crippen LogP contribution in [0.15, 0.2) is 24.3 Å². The van der Waals surface area contributed by atoms with Gasteiger partial charge in [0.2, 0.25) is 12.7 Å². The molecule has 0 radical (unpaired) electrons. The smallest absolute Gasteiger partial charge is 0.244 e. The number of hydrogen-bond donors (Lipinski definition) is 1. The standard InChI is InChI=1S/C18H25NO3/c1-13(2)5-4-6-14(3)19-18(20)10-8-15-7-9-16-17(11-15)22-12-21-16/h7-11,13-14H,4-6,12H2,1-3H3,(H,19,20)/b10-8+/t14-/m1/s1. The zero-order valence-electron chi connectivity index (χ0n) is 13.6. The average Bonchev–Trinajstić information content (AvgIpc) is 2.92. The maximum Gasteiger partial charge on any atom is 0.244 e. The molecule has 1 atom stereocenters. The van der Waals surface area contributed by atoms with Gasteiger partial charge in [0.25, 0.3) is 0 Å². The van der Waals surface area contributed by atoms with Crippen molar-refractivity contribution in [3.8, 4) is 11.5 Å². The SMILES string of the molecule is CC(C)CCC[C@@H](C)NC(=O)/C=C/c1ccc2c(c1)OCO2. The van der Waals surface area contributed by atoms with Crippen molar-refractivity contribution < 1.29 is 14.3 Å². The molecule has 120 valence electrons. The summed E-state index contributed by atoms with van der Waals surface area (Å²) < 4.78 is 10.6. The first kappa shape index (κ1) is 16.4. The topological polar surface area (TPSA) is 47.6 Å². The zero-order valence-corrected chi connectivity index (χ0v) is 13.6. The van der Waals surface area contributed by atoms with E-state index in [9.17, 15) is 4.79 Å². The summed E-state index contributed by atoms with van der Waals surface area (Å²) in [7, 11) is 0. The molecule has 4 heteroatoms. The van der Waals surface area contributed by atoms with Crippen LogP contribution in [0.5, 0.6) is 11.5 Å². The number of nitrogens with one attached hydrogen (secondary N) is 1. The first-order valence-electron chi connectivity index (χ1n) is 7.93. The predicted molar refractivity (Wildman–Crippen MR) is 87.9 cm³/mol. The summed E-state index contributed by atoms with van der Waals surface area (Å²) in [5.41, 5.74) is 0.923. The zero-order chi connectivity index (χ0) is 15.9. The molecule has 0 aromatic heterocycles. The highest BCUT2D eigenvalue weighted by molar-refractivity contribution is 5.92. The van der Waals surface area contributed by atoms with Gasteiger partial charge in [0.05, 0.1) is 0 Å². The summed E-state index contributed by atoms with van der Waals surface area (Å²) in [6.45, 7) is 6.75. The Morgan fingerprint density at radius 2 is 2.00 bits per heavy atom. The summed E-state index contributed by atoms with van der Waals surface area (Å²) in [6.07, 6.45) is 6.72. The van der Waals surface area contributed by atoms with Crippen LogP contribution in [0, 0.1) is 5.92 Å². The Labute approximate surface area is 132 Å². The van der Waals surface area contributed by atoms with E-state index in [0.29, 0.717) is 5.92 Å². The Balaban J connectivity index is 1.78. The van der Waals surface area contributed by atoms with E-state index in [0.717, 1.165) is 29.9 Å². The first-order chi connectivity index (χ1) is 10.5. The van der Waals surface area contributed by atoms with Crippen LogP contribution in [0.4, 0.5) is 0 Å². The van der Waals surface area contributed by atoms with Crippen LogP contribution >= 0.6 is 0 Å². The lowest BCUT2D eigenvalue weighted by Crippen LogP contribution is -2.31. The Kier molecular flexibility index (Phi) is 5.87. The van der Waals surface area contributed by atoms with Crippen LogP contribution in [0.2, 0.25) is 0 Å². The molecule has 1 amide bonds. The van der Waals surface area contributed by atoms with Gasteiger partial charge in [-0.2, -0.15) is 0 Å². The Hall–Kier alpha value is -1.97. The molecule has 0 unspecified atom stereocenters. The summed E-state index contributed by atoms with van der Waals surface area (Å²) in [4.78, 5) is 11.9. The Morgan fingerprint density at radius 1 is 1.23 bits per heavy atom. The van der Waals surface area contributed by atoms with Crippen molar-refractivity contribution in [2.24, 2.45) is 5.92 Å². The number of rotatable bonds is 7. The third-order valence-electron chi connectivity index (χ3n) is 3.63. The van der Waals surface area contributed by atoms with Gasteiger partial charge in [-0.3, -0.25) is 4.79 Å². The maximum absolute atomic E-state index is 11.9. The van der Waals surface area contributed by atoms with E-state index < -0.39 is 0 Å². The van der Waals surface area contributed by atoms with E-state index in [1.807, 2.05) is 25.1 Å². The molecule has 1 aromatic carbocycles. The summed E-state index contributed by atoms with van der Waals surface area (Å²) in [5, 5.41) is 2.99. The molecule has 22 heavy (non-hydrogen) atoms. The molecule has 1 N–H and O–H groups in total. The second-order valence-electron chi connectivity index (χ2n) is 6.18. The number of carbonyl (C=O) groups excluding carboxylic acids is 1. The molecular formula is C18H25NO3. The lowest BCUT2D eigenvalue weighted by Gasteiger charge is -2.13. The van der Waals surface area contributed by atoms with E-state index in [1.54, 1.807) is 12.2 Å². The van der Waals surface area contributed by atoms with Gasteiger partial charge in [-0.1, -0.05) is 32.8 Å². The van der Waals surface area contributed by atoms with Gasteiger partial charge in [0.1, 0.15) is 0 Å². The van der Waals surface area contributed by atoms with E-state index >= 15 is 0 Å². The normalized spacial score (nSPS) is 14.5. The molecule has 1 heterocycles. The fraction of sp³-hybridized carbons (Fsp3) is 0.500. The Morgan fingerprint density at radius 3 is 2.77 bits per heavy atom. The van der Waals surface area contributed by atoms with Crippen molar-refractivity contribution in [2.45, 2.75) is 46.1 Å². The van der Waals surface area contributed by atoms with Crippen LogP contribution in [0.1, 0.15) is 45.6 Å². The molecule has 0 saturated carbocycles. The lowest BCUT2D eigenvalue weighted by molar-refractivity contribution is -0.117. The van der Waals surface area contributed by atoms with Crippen LogP contribution < -0.4 is 14.8 Å². The highest BCUT2D eigenvalue weighted by atomic mass is 16.7. The van der Waals surface area contributed by atoms with Crippen LogP contribution in [0.3, 0.4) is 0 Å². The predicted octanol–water partition coefficient (Wildman–Crippen LogP) is 3.76. The number of ether oxygens (including phenoxy) is 2. The van der Waals surface area contributed by atoms with Gasteiger partial charge < -0.3 is 14.8 Å². The van der Waals surface area contributed by atoms with Gasteiger partial charge in [-0.25, -0.2) is 0 Å². The monoisotopic (exact) mass is 303 g/mol. The highest BCUT2D eigenvalue weighted by Crippen LogP contribution is 2.32. The van der Waals surface area contributed by atoms with Gasteiger partial charge in [0.15, 0.2) is 11.5 Å². The fourth-order valence-corrected chi connectivity index (χ4v) is 2.38. The van der Waals surface area contributed by atoms with Crippen LogP contribution in [0.25, 0.3) is 6.08 Å². The molecule has 2 rings (SSSR count). The van der Waals surface area contributed by atoms with Crippen molar-refractivity contribution in [3.05, 3.63) is 29.8 Å². The largest absolute Gasteiger partial charge is 0.454 e. The van der Waals surface area contributed by atoms with Gasteiger partial charge in [-0.05, 0) is 43.0 Å². The third kappa shape index (κ3) is 5.10. The van der Waals surface area contributed by atoms with Crippen molar-refractivity contribution in [3.63, 3.8) is 0 Å². The molecule has 0 spiro atoms. The highest BCUT2D eigenvalue weighted by Gasteiger charge is 2.12. The third-order valence-corrected chi connectivity index (χ3v) is 3.63. The van der Waals surface area contributed by atoms with Gasteiger partial charge in [-0.15, -0.1) is 0 Å². The minimum Gasteiger partial charge on any atom is -0.454 e. The van der Waals surface area contributed by atoms with Crippen molar-refractivity contribution in [2.75, 3.05) is 6.79 Å². The Bertz CT molecular complexity index is 537. The van der Waals surface area contributed by atoms with Crippen LogP contribution in [-0.2, 0) is 4.79 Å². The van der Waals surface area contributed by atoms with Crippen molar-refractivity contribution >= 4 is 12.0 Å². The molecular weight excluding hydrogens is 278 g/mol. The minimum absolute atomic E-state index is 0.0605. The quantitative estimate of drug-likeness (QED) is 0.780. The van der Waals surface area contributed by atoms with Crippen LogP contribution in [-0.4, -0.2) is 18.7 Å². The number of benzene rings is 1.